The standard InChI is InChI=1S/C22H29N3O4/c1-6-25(13-17-10-8-7-9-11-17)18(26)12-23-21(27)20-15(4)19(16(5)24-20)22(28)29-14(2)3/h7-11,14,24H,6,12-13H2,1-5H3,(H,23,27). The number of esters is 1. The predicted molar refractivity (Wildman–Crippen MR) is 111 cm³/mol. The Morgan fingerprint density at radius 3 is 2.38 bits per heavy atom. The van der Waals surface area contributed by atoms with Gasteiger partial charge in [-0.15, -0.1) is 0 Å². The number of hydrogen-bond acceptors (Lipinski definition) is 4. The lowest BCUT2D eigenvalue weighted by Gasteiger charge is -2.21. The molecule has 0 saturated carbocycles. The average molecular weight is 399 g/mol. The maximum absolute atomic E-state index is 12.6. The summed E-state index contributed by atoms with van der Waals surface area (Å²) in [4.78, 5) is 42.0. The fourth-order valence-corrected chi connectivity index (χ4v) is 3.09. The van der Waals surface area contributed by atoms with Crippen molar-refractivity contribution in [3.8, 4) is 0 Å². The SMILES string of the molecule is CCN(Cc1ccccc1)C(=O)CNC(=O)c1[nH]c(C)c(C(=O)OC(C)C)c1C. The number of nitrogens with one attached hydrogen (secondary N) is 2. The van der Waals surface area contributed by atoms with Gasteiger partial charge in [-0.05, 0) is 45.7 Å². The van der Waals surface area contributed by atoms with Crippen LogP contribution in [-0.2, 0) is 16.1 Å². The summed E-state index contributed by atoms with van der Waals surface area (Å²) in [6.07, 6.45) is -0.254. The Morgan fingerprint density at radius 1 is 1.14 bits per heavy atom. The molecule has 0 aliphatic heterocycles. The minimum Gasteiger partial charge on any atom is -0.459 e. The molecule has 0 aliphatic rings. The minimum absolute atomic E-state index is 0.122. The molecule has 0 bridgehead atoms. The molecule has 2 aromatic rings. The number of ether oxygens (including phenoxy) is 1. The molecular weight excluding hydrogens is 370 g/mol. The quantitative estimate of drug-likeness (QED) is 0.668. The van der Waals surface area contributed by atoms with E-state index < -0.39 is 11.9 Å². The van der Waals surface area contributed by atoms with E-state index in [1.54, 1.807) is 32.6 Å². The Kier molecular flexibility index (Phi) is 7.59. The van der Waals surface area contributed by atoms with Gasteiger partial charge < -0.3 is 19.9 Å². The molecule has 1 heterocycles. The number of nitrogens with zero attached hydrogens (tertiary/aromatic N) is 1. The molecule has 0 unspecified atom stereocenters. The molecule has 7 nitrogen and oxygen atoms in total. The van der Waals surface area contributed by atoms with Crippen LogP contribution in [0.5, 0.6) is 0 Å². The normalized spacial score (nSPS) is 10.7. The summed E-state index contributed by atoms with van der Waals surface area (Å²) in [5.41, 5.74) is 2.71. The number of carbonyl (C=O) groups is 3. The second-order valence-corrected chi connectivity index (χ2v) is 7.16. The van der Waals surface area contributed by atoms with Crippen LogP contribution < -0.4 is 5.32 Å². The summed E-state index contributed by atoms with van der Waals surface area (Å²) in [5.74, 6) is -1.08. The number of amides is 2. The van der Waals surface area contributed by atoms with E-state index in [9.17, 15) is 14.4 Å². The van der Waals surface area contributed by atoms with E-state index in [-0.39, 0.29) is 24.2 Å². The van der Waals surface area contributed by atoms with Gasteiger partial charge in [0, 0.05) is 18.8 Å². The van der Waals surface area contributed by atoms with E-state index in [1.165, 1.54) is 0 Å². The summed E-state index contributed by atoms with van der Waals surface area (Å²) in [6.45, 7) is 9.73. The average Bonchev–Trinajstić information content (AvgIpc) is 2.98. The van der Waals surface area contributed by atoms with Crippen LogP contribution in [0, 0.1) is 13.8 Å². The van der Waals surface area contributed by atoms with Crippen LogP contribution >= 0.6 is 0 Å². The highest BCUT2D eigenvalue weighted by molar-refractivity contribution is 6.01. The monoisotopic (exact) mass is 399 g/mol. The van der Waals surface area contributed by atoms with Crippen LogP contribution in [0.15, 0.2) is 30.3 Å². The molecule has 0 radical (unpaired) electrons. The largest absolute Gasteiger partial charge is 0.459 e. The van der Waals surface area contributed by atoms with Gasteiger partial charge in [0.2, 0.25) is 5.91 Å². The van der Waals surface area contributed by atoms with Crippen LogP contribution in [0.2, 0.25) is 0 Å². The van der Waals surface area contributed by atoms with Gasteiger partial charge in [-0.25, -0.2) is 4.79 Å². The Morgan fingerprint density at radius 2 is 1.79 bits per heavy atom. The fraction of sp³-hybridized carbons (Fsp3) is 0.409. The van der Waals surface area contributed by atoms with Gasteiger partial charge in [0.05, 0.1) is 18.2 Å². The third-order valence-electron chi connectivity index (χ3n) is 4.56. The number of aryl methyl sites for hydroxylation is 1. The van der Waals surface area contributed by atoms with E-state index in [0.717, 1.165) is 5.56 Å². The zero-order valence-electron chi connectivity index (χ0n) is 17.7. The molecule has 7 heteroatoms. The Labute approximate surface area is 171 Å². The van der Waals surface area contributed by atoms with Crippen molar-refractivity contribution in [2.24, 2.45) is 0 Å². The van der Waals surface area contributed by atoms with Gasteiger partial charge in [-0.3, -0.25) is 9.59 Å². The zero-order chi connectivity index (χ0) is 21.6. The summed E-state index contributed by atoms with van der Waals surface area (Å²) < 4.78 is 5.24. The predicted octanol–water partition coefficient (Wildman–Crippen LogP) is 2.98. The first-order chi connectivity index (χ1) is 13.7. The molecule has 0 fully saturated rings. The number of benzene rings is 1. The smallest absolute Gasteiger partial charge is 0.340 e. The maximum atomic E-state index is 12.6. The van der Waals surface area contributed by atoms with E-state index in [4.69, 9.17) is 4.74 Å². The number of carbonyl (C=O) groups excluding carboxylic acids is 3. The van der Waals surface area contributed by atoms with Gasteiger partial charge in [0.1, 0.15) is 5.69 Å². The van der Waals surface area contributed by atoms with Gasteiger partial charge in [-0.2, -0.15) is 0 Å². The molecule has 0 saturated heterocycles. The third-order valence-corrected chi connectivity index (χ3v) is 4.56. The van der Waals surface area contributed by atoms with Crippen molar-refractivity contribution < 1.29 is 19.1 Å². The molecule has 156 valence electrons. The van der Waals surface area contributed by atoms with Crippen LogP contribution in [0.3, 0.4) is 0 Å². The molecule has 1 aromatic heterocycles. The molecule has 2 rings (SSSR count). The van der Waals surface area contributed by atoms with E-state index in [2.05, 4.69) is 10.3 Å². The highest BCUT2D eigenvalue weighted by Gasteiger charge is 2.24. The van der Waals surface area contributed by atoms with Crippen molar-refractivity contribution in [2.75, 3.05) is 13.1 Å². The van der Waals surface area contributed by atoms with Gasteiger partial charge in [0.15, 0.2) is 0 Å². The van der Waals surface area contributed by atoms with Gasteiger partial charge in [0.25, 0.3) is 5.91 Å². The Bertz CT molecular complexity index is 872. The van der Waals surface area contributed by atoms with Crippen LogP contribution in [0.1, 0.15) is 58.4 Å². The first-order valence-electron chi connectivity index (χ1n) is 9.74. The lowest BCUT2D eigenvalue weighted by molar-refractivity contribution is -0.130. The number of H-pyrrole nitrogens is 1. The fourth-order valence-electron chi connectivity index (χ4n) is 3.09. The van der Waals surface area contributed by atoms with Crippen molar-refractivity contribution in [2.45, 2.75) is 47.3 Å². The van der Waals surface area contributed by atoms with Crippen LogP contribution in [0.25, 0.3) is 0 Å². The summed E-state index contributed by atoms with van der Waals surface area (Å²) >= 11 is 0. The lowest BCUT2D eigenvalue weighted by Crippen LogP contribution is -2.40. The molecule has 29 heavy (non-hydrogen) atoms. The molecule has 2 amide bonds. The first kappa shape index (κ1) is 22.2. The molecule has 0 atom stereocenters. The number of aromatic amines is 1. The molecule has 1 aromatic carbocycles. The summed E-state index contributed by atoms with van der Waals surface area (Å²) in [6, 6.07) is 9.68. The van der Waals surface area contributed by atoms with E-state index >= 15 is 0 Å². The van der Waals surface area contributed by atoms with Crippen LogP contribution in [-0.4, -0.2) is 46.9 Å². The van der Waals surface area contributed by atoms with Crippen molar-refractivity contribution in [3.63, 3.8) is 0 Å². The molecule has 0 aliphatic carbocycles. The topological polar surface area (TPSA) is 91.5 Å². The minimum atomic E-state index is -0.471. The second kappa shape index (κ2) is 9.91. The van der Waals surface area contributed by atoms with Gasteiger partial charge >= 0.3 is 5.97 Å². The summed E-state index contributed by atoms with van der Waals surface area (Å²) in [7, 11) is 0. The maximum Gasteiger partial charge on any atom is 0.340 e. The number of likely N-dealkylation sites (N-methyl/N-ethyl adjacent to an activating group) is 1. The van der Waals surface area contributed by atoms with E-state index in [1.807, 2.05) is 37.3 Å². The molecule has 0 spiro atoms. The highest BCUT2D eigenvalue weighted by Crippen LogP contribution is 2.19. The number of aromatic nitrogens is 1. The molecular formula is C22H29N3O4. The first-order valence-corrected chi connectivity index (χ1v) is 9.74. The van der Waals surface area contributed by atoms with Crippen molar-refractivity contribution in [3.05, 3.63) is 58.4 Å². The van der Waals surface area contributed by atoms with E-state index in [0.29, 0.717) is 29.9 Å². The third kappa shape index (κ3) is 5.70. The van der Waals surface area contributed by atoms with Crippen LogP contribution in [0.4, 0.5) is 0 Å². The highest BCUT2D eigenvalue weighted by atomic mass is 16.5. The summed E-state index contributed by atoms with van der Waals surface area (Å²) in [5, 5.41) is 2.65. The second-order valence-electron chi connectivity index (χ2n) is 7.16. The van der Waals surface area contributed by atoms with Crippen molar-refractivity contribution >= 4 is 17.8 Å². The van der Waals surface area contributed by atoms with Crippen molar-refractivity contribution in [1.82, 2.24) is 15.2 Å². The number of hydrogen-bond donors (Lipinski definition) is 2. The zero-order valence-corrected chi connectivity index (χ0v) is 17.7. The molecule has 2 N–H and O–H groups in total. The number of rotatable bonds is 8. The van der Waals surface area contributed by atoms with Crippen molar-refractivity contribution in [1.29, 1.82) is 0 Å². The lowest BCUT2D eigenvalue weighted by atomic mass is 10.1. The van der Waals surface area contributed by atoms with Gasteiger partial charge in [-0.1, -0.05) is 30.3 Å². The Hall–Kier alpha value is -3.09. The Balaban J connectivity index is 2.03.